The minimum absolute atomic E-state index is 0.213. The van der Waals surface area contributed by atoms with Crippen LogP contribution in [0.3, 0.4) is 0 Å². The molecule has 1 N–H and O–H groups in total. The molecule has 0 aliphatic rings. The summed E-state index contributed by atoms with van der Waals surface area (Å²) in [6, 6.07) is 15.4. The summed E-state index contributed by atoms with van der Waals surface area (Å²) in [4.78, 5) is 18.6. The zero-order chi connectivity index (χ0) is 20.5. The lowest BCUT2D eigenvalue weighted by Gasteiger charge is -2.25. The number of hydrogen-bond donors (Lipinski definition) is 1. The van der Waals surface area contributed by atoms with Crippen molar-refractivity contribution in [2.24, 2.45) is 0 Å². The average Bonchev–Trinajstić information content (AvgIpc) is 3.25. The van der Waals surface area contributed by atoms with Crippen LogP contribution >= 0.6 is 0 Å². The number of aromatic nitrogens is 1. The van der Waals surface area contributed by atoms with Gasteiger partial charge < -0.3 is 14.4 Å². The van der Waals surface area contributed by atoms with E-state index in [9.17, 15) is 9.90 Å². The molecule has 3 rings (SSSR count). The van der Waals surface area contributed by atoms with Gasteiger partial charge in [0.2, 0.25) is 5.89 Å². The number of aryl methyl sites for hydroxylation is 2. The maximum Gasteiger partial charge on any atom is 0.255 e. The Bertz CT molecular complexity index is 875. The van der Waals surface area contributed by atoms with Crippen LogP contribution in [0, 0.1) is 13.8 Å². The molecule has 1 atom stereocenters. The molecule has 148 valence electrons. The first kappa shape index (κ1) is 21.4. The SMILES string of the molecule is CC.Cc1cccc(C(CN(CO)C(=O)c2ccccc2C)c2ncco2)c1. The average molecular weight is 380 g/mol. The van der Waals surface area contributed by atoms with Crippen LogP contribution in [-0.2, 0) is 0 Å². The second-order valence-corrected chi connectivity index (χ2v) is 6.32. The van der Waals surface area contributed by atoms with Crippen molar-refractivity contribution < 1.29 is 14.3 Å². The minimum Gasteiger partial charge on any atom is -0.448 e. The number of carbonyl (C=O) groups is 1. The van der Waals surface area contributed by atoms with Gasteiger partial charge in [-0.15, -0.1) is 0 Å². The molecule has 0 aliphatic heterocycles. The van der Waals surface area contributed by atoms with Crippen LogP contribution in [-0.4, -0.2) is 34.2 Å². The zero-order valence-electron chi connectivity index (χ0n) is 16.9. The Morgan fingerprint density at radius 3 is 2.50 bits per heavy atom. The second-order valence-electron chi connectivity index (χ2n) is 6.32. The van der Waals surface area contributed by atoms with Crippen LogP contribution in [0.4, 0.5) is 0 Å². The normalized spacial score (nSPS) is 11.3. The summed E-state index contributed by atoms with van der Waals surface area (Å²) in [6.45, 7) is 7.79. The topological polar surface area (TPSA) is 66.6 Å². The number of nitrogens with zero attached hydrogens (tertiary/aromatic N) is 2. The van der Waals surface area contributed by atoms with E-state index in [1.54, 1.807) is 12.3 Å². The van der Waals surface area contributed by atoms with Crippen molar-refractivity contribution in [3.05, 3.63) is 89.1 Å². The van der Waals surface area contributed by atoms with Crippen LogP contribution in [0.2, 0.25) is 0 Å². The van der Waals surface area contributed by atoms with Gasteiger partial charge in [-0.1, -0.05) is 61.9 Å². The van der Waals surface area contributed by atoms with Crippen LogP contribution < -0.4 is 0 Å². The lowest BCUT2D eigenvalue weighted by molar-refractivity contribution is 0.0539. The van der Waals surface area contributed by atoms with E-state index in [0.29, 0.717) is 11.5 Å². The molecule has 5 heteroatoms. The van der Waals surface area contributed by atoms with Crippen molar-refractivity contribution in [3.63, 3.8) is 0 Å². The molecule has 0 bridgehead atoms. The monoisotopic (exact) mass is 380 g/mol. The van der Waals surface area contributed by atoms with Crippen molar-refractivity contribution in [2.75, 3.05) is 13.3 Å². The Hall–Kier alpha value is -2.92. The molecular formula is C23H28N2O3. The Kier molecular flexibility index (Phi) is 7.96. The van der Waals surface area contributed by atoms with Gasteiger partial charge in [-0.25, -0.2) is 4.98 Å². The van der Waals surface area contributed by atoms with Gasteiger partial charge in [0.15, 0.2) is 0 Å². The highest BCUT2D eigenvalue weighted by Gasteiger charge is 2.25. The molecule has 0 radical (unpaired) electrons. The van der Waals surface area contributed by atoms with Gasteiger partial charge in [0.05, 0.1) is 12.1 Å². The molecule has 28 heavy (non-hydrogen) atoms. The third-order valence-electron chi connectivity index (χ3n) is 4.43. The smallest absolute Gasteiger partial charge is 0.255 e. The first-order valence-electron chi connectivity index (χ1n) is 9.52. The Morgan fingerprint density at radius 2 is 1.89 bits per heavy atom. The summed E-state index contributed by atoms with van der Waals surface area (Å²) in [5.41, 5.74) is 3.56. The van der Waals surface area contributed by atoms with Crippen LogP contribution in [0.15, 0.2) is 65.4 Å². The van der Waals surface area contributed by atoms with E-state index in [1.807, 2.05) is 70.2 Å². The molecule has 2 aromatic carbocycles. The van der Waals surface area contributed by atoms with Crippen LogP contribution in [0.5, 0.6) is 0 Å². The number of aliphatic hydroxyl groups is 1. The van der Waals surface area contributed by atoms with Crippen LogP contribution in [0.25, 0.3) is 0 Å². The second kappa shape index (κ2) is 10.4. The van der Waals surface area contributed by atoms with Crippen molar-refractivity contribution in [1.29, 1.82) is 0 Å². The van der Waals surface area contributed by atoms with Gasteiger partial charge >= 0.3 is 0 Å². The molecule has 0 fully saturated rings. The minimum atomic E-state index is -0.379. The number of hydrogen-bond acceptors (Lipinski definition) is 4. The summed E-state index contributed by atoms with van der Waals surface area (Å²) in [7, 11) is 0. The third-order valence-corrected chi connectivity index (χ3v) is 4.43. The third kappa shape index (κ3) is 5.08. The maximum atomic E-state index is 12.9. The van der Waals surface area contributed by atoms with Gasteiger partial charge in [0.25, 0.3) is 5.91 Å². The Labute approximate surface area is 166 Å². The Balaban J connectivity index is 0.00000136. The maximum absolute atomic E-state index is 12.9. The summed E-state index contributed by atoms with van der Waals surface area (Å²) in [5.74, 6) is 0.0476. The summed E-state index contributed by atoms with van der Waals surface area (Å²) >= 11 is 0. The summed E-state index contributed by atoms with van der Waals surface area (Å²) in [5, 5.41) is 9.85. The molecule has 0 saturated heterocycles. The van der Waals surface area contributed by atoms with E-state index in [2.05, 4.69) is 4.98 Å². The predicted molar refractivity (Wildman–Crippen MR) is 110 cm³/mol. The van der Waals surface area contributed by atoms with E-state index in [4.69, 9.17) is 4.42 Å². The predicted octanol–water partition coefficient (Wildman–Crippen LogP) is 4.54. The molecule has 1 aromatic heterocycles. The highest BCUT2D eigenvalue weighted by molar-refractivity contribution is 5.95. The lowest BCUT2D eigenvalue weighted by Crippen LogP contribution is -2.36. The van der Waals surface area contributed by atoms with Crippen molar-refractivity contribution in [2.45, 2.75) is 33.6 Å². The lowest BCUT2D eigenvalue weighted by atomic mass is 9.96. The molecule has 3 aromatic rings. The van der Waals surface area contributed by atoms with Crippen molar-refractivity contribution >= 4 is 5.91 Å². The van der Waals surface area contributed by atoms with Crippen molar-refractivity contribution in [1.82, 2.24) is 9.88 Å². The quantitative estimate of drug-likeness (QED) is 0.638. The van der Waals surface area contributed by atoms with Gasteiger partial charge in [-0.05, 0) is 31.0 Å². The van der Waals surface area contributed by atoms with Crippen molar-refractivity contribution in [3.8, 4) is 0 Å². The van der Waals surface area contributed by atoms with E-state index in [0.717, 1.165) is 16.7 Å². The fourth-order valence-electron chi connectivity index (χ4n) is 3.03. The van der Waals surface area contributed by atoms with E-state index < -0.39 is 0 Å². The molecule has 0 spiro atoms. The van der Waals surface area contributed by atoms with Gasteiger partial charge in [-0.3, -0.25) is 4.79 Å². The summed E-state index contributed by atoms with van der Waals surface area (Å²) < 4.78 is 5.51. The summed E-state index contributed by atoms with van der Waals surface area (Å²) in [6.07, 6.45) is 3.11. The first-order valence-corrected chi connectivity index (χ1v) is 9.52. The number of amides is 1. The van der Waals surface area contributed by atoms with Gasteiger partial charge in [0, 0.05) is 12.1 Å². The molecule has 0 aliphatic carbocycles. The fraction of sp³-hybridized carbons (Fsp3) is 0.304. The van der Waals surface area contributed by atoms with E-state index >= 15 is 0 Å². The Morgan fingerprint density at radius 1 is 1.14 bits per heavy atom. The van der Waals surface area contributed by atoms with Crippen LogP contribution in [0.1, 0.15) is 52.7 Å². The highest BCUT2D eigenvalue weighted by atomic mass is 16.3. The molecular weight excluding hydrogens is 352 g/mol. The molecule has 0 saturated carbocycles. The number of rotatable bonds is 6. The zero-order valence-corrected chi connectivity index (χ0v) is 16.9. The molecule has 1 unspecified atom stereocenters. The fourth-order valence-corrected chi connectivity index (χ4v) is 3.03. The molecule has 1 heterocycles. The standard InChI is InChI=1S/C21H22N2O3.C2H6/c1-15-6-5-8-17(12-15)19(20-22-10-11-26-20)13-23(14-24)21(25)18-9-4-3-7-16(18)2;1-2/h3-12,19,24H,13-14H2,1-2H3;1-2H3. The first-order chi connectivity index (χ1) is 13.6. The number of oxazole rings is 1. The van der Waals surface area contributed by atoms with Gasteiger partial charge in [0.1, 0.15) is 13.0 Å². The number of aliphatic hydroxyl groups excluding tert-OH is 1. The molecule has 5 nitrogen and oxygen atoms in total. The number of benzene rings is 2. The van der Waals surface area contributed by atoms with E-state index in [-0.39, 0.29) is 25.1 Å². The largest absolute Gasteiger partial charge is 0.448 e. The molecule has 1 amide bonds. The van der Waals surface area contributed by atoms with Gasteiger partial charge in [-0.2, -0.15) is 0 Å². The highest BCUT2D eigenvalue weighted by Crippen LogP contribution is 2.26. The van der Waals surface area contributed by atoms with E-state index in [1.165, 1.54) is 11.2 Å². The number of carbonyl (C=O) groups excluding carboxylic acids is 1.